The van der Waals surface area contributed by atoms with Crippen molar-refractivity contribution >= 4 is 10.0 Å². The molecule has 0 amide bonds. The van der Waals surface area contributed by atoms with Crippen LogP contribution in [-0.2, 0) is 16.6 Å². The molecule has 20 heavy (non-hydrogen) atoms. The zero-order valence-electron chi connectivity index (χ0n) is 11.1. The van der Waals surface area contributed by atoms with E-state index in [1.165, 1.54) is 18.5 Å². The zero-order valence-corrected chi connectivity index (χ0v) is 11.9. The van der Waals surface area contributed by atoms with E-state index in [9.17, 15) is 8.42 Å². The van der Waals surface area contributed by atoms with Gasteiger partial charge in [0.25, 0.3) is 10.0 Å². The maximum absolute atomic E-state index is 12.5. The number of benzene rings is 1. The average Bonchev–Trinajstić information content (AvgIpc) is 2.91. The van der Waals surface area contributed by atoms with E-state index in [2.05, 4.69) is 11.7 Å². The lowest BCUT2D eigenvalue weighted by Crippen LogP contribution is -2.20. The lowest BCUT2D eigenvalue weighted by molar-refractivity contribution is 0.282. The van der Waals surface area contributed by atoms with Gasteiger partial charge < -0.3 is 5.11 Å². The fraction of sp³-hybridized carbons (Fsp3) is 0.214. The van der Waals surface area contributed by atoms with Crippen molar-refractivity contribution in [3.8, 4) is 0 Å². The van der Waals surface area contributed by atoms with Gasteiger partial charge in [0.1, 0.15) is 5.25 Å². The second-order valence-corrected chi connectivity index (χ2v) is 6.40. The summed E-state index contributed by atoms with van der Waals surface area (Å²) in [6.07, 6.45) is 4.01. The Labute approximate surface area is 118 Å². The Morgan fingerprint density at radius 3 is 2.55 bits per heavy atom. The SMILES string of the molecule is C=CC(c1ccc(C)cc1)S(=O)(=O)n1cc(CO)cn1. The first-order valence-electron chi connectivity index (χ1n) is 6.07. The number of rotatable bonds is 5. The van der Waals surface area contributed by atoms with Gasteiger partial charge in [-0.2, -0.15) is 9.19 Å². The maximum Gasteiger partial charge on any atom is 0.264 e. The molecule has 0 aliphatic rings. The van der Waals surface area contributed by atoms with Crippen LogP contribution in [0.3, 0.4) is 0 Å². The predicted octanol–water partition coefficient (Wildman–Crippen LogP) is 1.79. The van der Waals surface area contributed by atoms with Crippen molar-refractivity contribution in [3.05, 3.63) is 66.0 Å². The molecule has 106 valence electrons. The molecule has 0 aliphatic heterocycles. The largest absolute Gasteiger partial charge is 0.392 e. The van der Waals surface area contributed by atoms with Crippen LogP contribution in [0.5, 0.6) is 0 Å². The minimum Gasteiger partial charge on any atom is -0.392 e. The molecule has 0 radical (unpaired) electrons. The lowest BCUT2D eigenvalue weighted by atomic mass is 10.1. The summed E-state index contributed by atoms with van der Waals surface area (Å²) < 4.78 is 25.9. The Morgan fingerprint density at radius 1 is 1.40 bits per heavy atom. The van der Waals surface area contributed by atoms with E-state index in [0.717, 1.165) is 9.65 Å². The Hall–Kier alpha value is -1.92. The van der Waals surface area contributed by atoms with E-state index in [1.54, 1.807) is 12.1 Å². The smallest absolute Gasteiger partial charge is 0.264 e. The molecule has 1 aromatic carbocycles. The Balaban J connectivity index is 2.44. The van der Waals surface area contributed by atoms with Crippen LogP contribution in [0.2, 0.25) is 0 Å². The third kappa shape index (κ3) is 2.66. The Morgan fingerprint density at radius 2 is 2.05 bits per heavy atom. The van der Waals surface area contributed by atoms with Crippen LogP contribution < -0.4 is 0 Å². The van der Waals surface area contributed by atoms with Crippen molar-refractivity contribution in [1.29, 1.82) is 0 Å². The van der Waals surface area contributed by atoms with Crippen molar-refractivity contribution in [1.82, 2.24) is 9.19 Å². The van der Waals surface area contributed by atoms with E-state index < -0.39 is 15.3 Å². The van der Waals surface area contributed by atoms with E-state index in [0.29, 0.717) is 11.1 Å². The summed E-state index contributed by atoms with van der Waals surface area (Å²) in [7, 11) is -3.73. The van der Waals surface area contributed by atoms with Gasteiger partial charge >= 0.3 is 0 Å². The van der Waals surface area contributed by atoms with Gasteiger partial charge in [0.05, 0.1) is 12.8 Å². The van der Waals surface area contributed by atoms with E-state index in [-0.39, 0.29) is 6.61 Å². The molecule has 2 aromatic rings. The third-order valence-corrected chi connectivity index (χ3v) is 4.83. The van der Waals surface area contributed by atoms with Crippen molar-refractivity contribution < 1.29 is 13.5 Å². The molecule has 0 fully saturated rings. The van der Waals surface area contributed by atoms with Gasteiger partial charge in [-0.3, -0.25) is 0 Å². The Kier molecular flexibility index (Phi) is 4.06. The molecule has 0 saturated heterocycles. The van der Waals surface area contributed by atoms with Crippen molar-refractivity contribution in [2.24, 2.45) is 0 Å². The maximum atomic E-state index is 12.5. The molecule has 0 spiro atoms. The quantitative estimate of drug-likeness (QED) is 0.853. The van der Waals surface area contributed by atoms with Crippen molar-refractivity contribution in [2.45, 2.75) is 18.8 Å². The van der Waals surface area contributed by atoms with Crippen LogP contribution in [0.25, 0.3) is 0 Å². The molecule has 0 saturated carbocycles. The molecule has 1 aromatic heterocycles. The highest BCUT2D eigenvalue weighted by Crippen LogP contribution is 2.25. The first-order valence-corrected chi connectivity index (χ1v) is 7.57. The van der Waals surface area contributed by atoms with E-state index in [1.807, 2.05) is 19.1 Å². The van der Waals surface area contributed by atoms with Gasteiger partial charge in [-0.15, -0.1) is 6.58 Å². The zero-order chi connectivity index (χ0) is 14.8. The van der Waals surface area contributed by atoms with Gasteiger partial charge in [0, 0.05) is 11.8 Å². The van der Waals surface area contributed by atoms with Crippen LogP contribution in [0, 0.1) is 6.92 Å². The fourth-order valence-electron chi connectivity index (χ4n) is 1.86. The molecular formula is C14H16N2O3S. The minimum atomic E-state index is -3.73. The summed E-state index contributed by atoms with van der Waals surface area (Å²) in [6, 6.07) is 7.22. The van der Waals surface area contributed by atoms with E-state index >= 15 is 0 Å². The van der Waals surface area contributed by atoms with E-state index in [4.69, 9.17) is 5.11 Å². The number of hydrogen-bond donors (Lipinski definition) is 1. The number of aliphatic hydroxyl groups excluding tert-OH is 1. The topological polar surface area (TPSA) is 72.2 Å². The monoisotopic (exact) mass is 292 g/mol. The van der Waals surface area contributed by atoms with Crippen LogP contribution in [-0.4, -0.2) is 22.7 Å². The summed E-state index contributed by atoms with van der Waals surface area (Å²) >= 11 is 0. The summed E-state index contributed by atoms with van der Waals surface area (Å²) in [6.45, 7) is 5.29. The summed E-state index contributed by atoms with van der Waals surface area (Å²) in [5.41, 5.74) is 2.13. The summed E-state index contributed by atoms with van der Waals surface area (Å²) in [5.74, 6) is 0. The first kappa shape index (κ1) is 14.5. The molecular weight excluding hydrogens is 276 g/mol. The van der Waals surface area contributed by atoms with Gasteiger partial charge in [0.2, 0.25) is 0 Å². The standard InChI is InChI=1S/C14H16N2O3S/c1-3-14(13-6-4-11(2)5-7-13)20(18,19)16-9-12(10-17)8-15-16/h3-9,14,17H,1,10H2,2H3. The number of aromatic nitrogens is 2. The molecule has 1 unspecified atom stereocenters. The van der Waals surface area contributed by atoms with Gasteiger partial charge in [-0.05, 0) is 12.5 Å². The molecule has 5 nitrogen and oxygen atoms in total. The van der Waals surface area contributed by atoms with Crippen molar-refractivity contribution in [2.75, 3.05) is 0 Å². The molecule has 2 rings (SSSR count). The predicted molar refractivity (Wildman–Crippen MR) is 76.6 cm³/mol. The number of hydrogen-bond acceptors (Lipinski definition) is 4. The molecule has 0 aliphatic carbocycles. The first-order chi connectivity index (χ1) is 9.48. The highest BCUT2D eigenvalue weighted by molar-refractivity contribution is 7.90. The molecule has 1 atom stereocenters. The Bertz CT molecular complexity index is 702. The number of aliphatic hydroxyl groups is 1. The van der Waals surface area contributed by atoms with Gasteiger partial charge in [0.15, 0.2) is 0 Å². The van der Waals surface area contributed by atoms with Crippen LogP contribution in [0.15, 0.2) is 49.3 Å². The molecule has 1 heterocycles. The summed E-state index contributed by atoms with van der Waals surface area (Å²) in [5, 5.41) is 11.9. The second kappa shape index (κ2) is 5.60. The number of nitrogens with zero attached hydrogens (tertiary/aromatic N) is 2. The van der Waals surface area contributed by atoms with Gasteiger partial charge in [-0.25, -0.2) is 8.42 Å². The highest BCUT2D eigenvalue weighted by atomic mass is 32.2. The minimum absolute atomic E-state index is 0.251. The van der Waals surface area contributed by atoms with Crippen molar-refractivity contribution in [3.63, 3.8) is 0 Å². The second-order valence-electron chi connectivity index (χ2n) is 4.49. The van der Waals surface area contributed by atoms with Crippen LogP contribution in [0.4, 0.5) is 0 Å². The highest BCUT2D eigenvalue weighted by Gasteiger charge is 2.27. The molecule has 0 bridgehead atoms. The number of aryl methyl sites for hydroxylation is 1. The molecule has 1 N–H and O–H groups in total. The fourth-order valence-corrected chi connectivity index (χ4v) is 3.30. The van der Waals surface area contributed by atoms with Crippen LogP contribution >= 0.6 is 0 Å². The summed E-state index contributed by atoms with van der Waals surface area (Å²) in [4.78, 5) is 0. The van der Waals surface area contributed by atoms with Gasteiger partial charge in [-0.1, -0.05) is 35.9 Å². The molecule has 6 heteroatoms. The normalized spacial score (nSPS) is 13.1. The van der Waals surface area contributed by atoms with Crippen LogP contribution in [0.1, 0.15) is 21.9 Å². The third-order valence-electron chi connectivity index (χ3n) is 3.00. The lowest BCUT2D eigenvalue weighted by Gasteiger charge is -2.14. The average molecular weight is 292 g/mol.